The second-order valence-electron chi connectivity index (χ2n) is 6.25. The molecule has 0 spiro atoms. The van der Waals surface area contributed by atoms with Gasteiger partial charge in [-0.1, -0.05) is 63.6 Å². The van der Waals surface area contributed by atoms with E-state index in [-0.39, 0.29) is 17.1 Å². The van der Waals surface area contributed by atoms with Crippen LogP contribution in [0.15, 0.2) is 87.2 Å². The van der Waals surface area contributed by atoms with Crippen molar-refractivity contribution in [3.8, 4) is 5.69 Å². The first kappa shape index (κ1) is 19.9. The normalized spacial score (nSPS) is 11.0. The average molecular weight is 486 g/mol. The Morgan fingerprint density at radius 3 is 2.41 bits per heavy atom. The number of thioether (sulfide) groups is 1. The summed E-state index contributed by atoms with van der Waals surface area (Å²) < 4.78 is 2.44. The summed E-state index contributed by atoms with van der Waals surface area (Å²) in [5.41, 5.74) is 1.68. The van der Waals surface area contributed by atoms with E-state index in [0.29, 0.717) is 32.3 Å². The highest BCUT2D eigenvalue weighted by atomic mass is 79.9. The molecule has 0 saturated heterocycles. The number of hydrogen-bond donors (Lipinski definition) is 0. The molecule has 0 bridgehead atoms. The van der Waals surface area contributed by atoms with E-state index in [4.69, 9.17) is 11.6 Å². The van der Waals surface area contributed by atoms with Crippen LogP contribution in [0.1, 0.15) is 10.4 Å². The molecule has 1 heterocycles. The number of ketones is 1. The number of carbonyl (C=O) groups is 1. The maximum atomic E-state index is 13.2. The fraction of sp³-hybridized carbons (Fsp3) is 0.0455. The fourth-order valence-electron chi connectivity index (χ4n) is 2.88. The van der Waals surface area contributed by atoms with Gasteiger partial charge in [-0.3, -0.25) is 14.2 Å². The number of benzene rings is 3. The van der Waals surface area contributed by atoms with Crippen molar-refractivity contribution in [2.24, 2.45) is 0 Å². The largest absolute Gasteiger partial charge is 0.293 e. The van der Waals surface area contributed by atoms with Crippen molar-refractivity contribution in [3.05, 3.63) is 98.2 Å². The highest BCUT2D eigenvalue weighted by Crippen LogP contribution is 2.23. The van der Waals surface area contributed by atoms with Crippen LogP contribution >= 0.6 is 39.3 Å². The minimum absolute atomic E-state index is 0.0347. The molecule has 0 aliphatic carbocycles. The molecule has 3 aromatic carbocycles. The molecule has 0 fully saturated rings. The number of fused-ring (bicyclic) bond motifs is 1. The van der Waals surface area contributed by atoms with Gasteiger partial charge in [0.05, 0.1) is 22.3 Å². The summed E-state index contributed by atoms with van der Waals surface area (Å²) in [6.07, 6.45) is 0. The van der Waals surface area contributed by atoms with Crippen LogP contribution in [-0.2, 0) is 0 Å². The highest BCUT2D eigenvalue weighted by molar-refractivity contribution is 9.10. The van der Waals surface area contributed by atoms with Gasteiger partial charge in [0.15, 0.2) is 10.9 Å². The van der Waals surface area contributed by atoms with Crippen LogP contribution in [0.4, 0.5) is 0 Å². The van der Waals surface area contributed by atoms with Gasteiger partial charge in [0, 0.05) is 15.1 Å². The van der Waals surface area contributed by atoms with Crippen molar-refractivity contribution in [2.75, 3.05) is 5.75 Å². The van der Waals surface area contributed by atoms with Gasteiger partial charge >= 0.3 is 0 Å². The van der Waals surface area contributed by atoms with E-state index in [2.05, 4.69) is 20.9 Å². The predicted molar refractivity (Wildman–Crippen MR) is 122 cm³/mol. The van der Waals surface area contributed by atoms with Gasteiger partial charge in [-0.15, -0.1) is 0 Å². The van der Waals surface area contributed by atoms with Crippen molar-refractivity contribution in [2.45, 2.75) is 5.16 Å². The lowest BCUT2D eigenvalue weighted by atomic mass is 10.2. The zero-order chi connectivity index (χ0) is 20.4. The van der Waals surface area contributed by atoms with Gasteiger partial charge in [-0.05, 0) is 48.5 Å². The molecule has 144 valence electrons. The zero-order valence-electron chi connectivity index (χ0n) is 15.0. The van der Waals surface area contributed by atoms with Gasteiger partial charge in [0.2, 0.25) is 0 Å². The quantitative estimate of drug-likeness (QED) is 0.204. The molecule has 4 aromatic rings. The molecule has 0 unspecified atom stereocenters. The van der Waals surface area contributed by atoms with Gasteiger partial charge in [0.25, 0.3) is 5.56 Å². The number of para-hydroxylation sites is 1. The molecule has 7 heteroatoms. The standard InChI is InChI=1S/C22H14BrClN2O2S/c23-15-7-5-14(6-8-15)20(27)13-29-22-25-19-4-2-1-3-18(19)21(28)26(22)17-11-9-16(24)10-12-17/h1-12H,13H2. The van der Waals surface area contributed by atoms with Crippen molar-refractivity contribution >= 4 is 56.0 Å². The Morgan fingerprint density at radius 1 is 1.00 bits per heavy atom. The summed E-state index contributed by atoms with van der Waals surface area (Å²) in [4.78, 5) is 30.4. The van der Waals surface area contributed by atoms with Crippen LogP contribution in [0.5, 0.6) is 0 Å². The van der Waals surface area contributed by atoms with E-state index < -0.39 is 0 Å². The number of rotatable bonds is 5. The number of carbonyl (C=O) groups excluding carboxylic acids is 1. The molecule has 29 heavy (non-hydrogen) atoms. The molecular formula is C22H14BrClN2O2S. The zero-order valence-corrected chi connectivity index (χ0v) is 18.2. The molecule has 4 nitrogen and oxygen atoms in total. The molecule has 4 rings (SSSR count). The summed E-state index contributed by atoms with van der Waals surface area (Å²) in [6, 6.07) is 21.4. The molecule has 0 atom stereocenters. The van der Waals surface area contributed by atoms with Crippen LogP contribution < -0.4 is 5.56 Å². The van der Waals surface area contributed by atoms with Crippen LogP contribution in [0.25, 0.3) is 16.6 Å². The summed E-state index contributed by atoms with van der Waals surface area (Å²) in [5.74, 6) is 0.132. The summed E-state index contributed by atoms with van der Waals surface area (Å²) in [5, 5.41) is 1.56. The average Bonchev–Trinajstić information content (AvgIpc) is 2.73. The number of hydrogen-bond acceptors (Lipinski definition) is 4. The molecule has 0 aliphatic heterocycles. The third kappa shape index (κ3) is 4.29. The van der Waals surface area contributed by atoms with Crippen LogP contribution in [0.2, 0.25) is 5.02 Å². The lowest BCUT2D eigenvalue weighted by Crippen LogP contribution is -2.22. The molecule has 0 aliphatic rings. The number of aromatic nitrogens is 2. The monoisotopic (exact) mass is 484 g/mol. The van der Waals surface area contributed by atoms with E-state index in [1.165, 1.54) is 16.3 Å². The Bertz CT molecular complexity index is 1250. The van der Waals surface area contributed by atoms with Gasteiger partial charge in [0.1, 0.15) is 0 Å². The molecule has 0 N–H and O–H groups in total. The lowest BCUT2D eigenvalue weighted by molar-refractivity contribution is 0.102. The molecule has 0 amide bonds. The first-order chi connectivity index (χ1) is 14.0. The second kappa shape index (κ2) is 8.53. The first-order valence-electron chi connectivity index (χ1n) is 8.72. The van der Waals surface area contributed by atoms with Gasteiger partial charge in [-0.25, -0.2) is 4.98 Å². The van der Waals surface area contributed by atoms with E-state index in [1.807, 2.05) is 24.3 Å². The van der Waals surface area contributed by atoms with E-state index >= 15 is 0 Å². The van der Waals surface area contributed by atoms with E-state index in [1.54, 1.807) is 48.5 Å². The number of nitrogens with zero attached hydrogens (tertiary/aromatic N) is 2. The molecule has 0 radical (unpaired) electrons. The SMILES string of the molecule is O=C(CSc1nc2ccccc2c(=O)n1-c1ccc(Cl)cc1)c1ccc(Br)cc1. The smallest absolute Gasteiger partial charge is 0.266 e. The molecule has 0 saturated carbocycles. The molecule has 1 aromatic heterocycles. The number of halogens is 2. The van der Waals surface area contributed by atoms with Crippen LogP contribution in [0, 0.1) is 0 Å². The molecular weight excluding hydrogens is 472 g/mol. The van der Waals surface area contributed by atoms with Crippen molar-refractivity contribution in [1.82, 2.24) is 9.55 Å². The Balaban J connectivity index is 1.75. The van der Waals surface area contributed by atoms with Crippen LogP contribution in [-0.4, -0.2) is 21.1 Å². The highest BCUT2D eigenvalue weighted by Gasteiger charge is 2.15. The second-order valence-corrected chi connectivity index (χ2v) is 8.54. The third-order valence-corrected chi connectivity index (χ3v) is 6.05. The Labute approximate surface area is 184 Å². The predicted octanol–water partition coefficient (Wildman–Crippen LogP) is 5.78. The number of Topliss-reactive ketones (excluding diaryl/α,β-unsaturated/α-hetero) is 1. The van der Waals surface area contributed by atoms with Crippen molar-refractivity contribution in [3.63, 3.8) is 0 Å². The maximum Gasteiger partial charge on any atom is 0.266 e. The Hall–Kier alpha value is -2.41. The summed E-state index contributed by atoms with van der Waals surface area (Å²) in [6.45, 7) is 0. The van der Waals surface area contributed by atoms with Crippen molar-refractivity contribution < 1.29 is 4.79 Å². The third-order valence-electron chi connectivity index (χ3n) is 4.33. The Kier molecular flexibility index (Phi) is 5.85. The van der Waals surface area contributed by atoms with Crippen LogP contribution in [0.3, 0.4) is 0 Å². The fourth-order valence-corrected chi connectivity index (χ4v) is 4.17. The van der Waals surface area contributed by atoms with E-state index in [9.17, 15) is 9.59 Å². The maximum absolute atomic E-state index is 13.2. The van der Waals surface area contributed by atoms with Gasteiger partial charge < -0.3 is 0 Å². The lowest BCUT2D eigenvalue weighted by Gasteiger charge is -2.13. The summed E-state index contributed by atoms with van der Waals surface area (Å²) >= 11 is 10.6. The van der Waals surface area contributed by atoms with E-state index in [0.717, 1.165) is 4.47 Å². The minimum atomic E-state index is -0.184. The summed E-state index contributed by atoms with van der Waals surface area (Å²) in [7, 11) is 0. The minimum Gasteiger partial charge on any atom is -0.293 e. The Morgan fingerprint density at radius 2 is 1.69 bits per heavy atom. The topological polar surface area (TPSA) is 52.0 Å². The first-order valence-corrected chi connectivity index (χ1v) is 10.9. The van der Waals surface area contributed by atoms with Gasteiger partial charge in [-0.2, -0.15) is 0 Å². The van der Waals surface area contributed by atoms with Crippen molar-refractivity contribution in [1.29, 1.82) is 0 Å².